The molecule has 99 valence electrons. The number of piperazine rings is 1. The summed E-state index contributed by atoms with van der Waals surface area (Å²) in [6.07, 6.45) is 0. The molecular formula is C15H18N3O. The molecule has 1 aromatic heterocycles. The highest BCUT2D eigenvalue weighted by atomic mass is 16.5. The van der Waals surface area contributed by atoms with Crippen LogP contribution in [0.15, 0.2) is 34.9 Å². The van der Waals surface area contributed by atoms with Crippen LogP contribution in [-0.2, 0) is 6.54 Å². The van der Waals surface area contributed by atoms with E-state index >= 15 is 0 Å². The molecule has 19 heavy (non-hydrogen) atoms. The molecule has 1 N–H and O–H groups in total. The van der Waals surface area contributed by atoms with Crippen LogP contribution < -0.4 is 5.32 Å². The normalized spacial score (nSPS) is 16.7. The van der Waals surface area contributed by atoms with Crippen molar-refractivity contribution in [1.82, 2.24) is 15.4 Å². The molecule has 1 saturated heterocycles. The fourth-order valence-corrected chi connectivity index (χ4v) is 2.35. The predicted octanol–water partition coefficient (Wildman–Crippen LogP) is 2.22. The Kier molecular flexibility index (Phi) is 3.62. The van der Waals surface area contributed by atoms with Crippen LogP contribution >= 0.6 is 0 Å². The van der Waals surface area contributed by atoms with Crippen molar-refractivity contribution in [3.8, 4) is 11.3 Å². The lowest BCUT2D eigenvalue weighted by Crippen LogP contribution is -2.39. The quantitative estimate of drug-likeness (QED) is 0.914. The van der Waals surface area contributed by atoms with Crippen LogP contribution in [0.3, 0.4) is 0 Å². The van der Waals surface area contributed by atoms with Gasteiger partial charge >= 0.3 is 0 Å². The lowest BCUT2D eigenvalue weighted by atomic mass is 10.1. The van der Waals surface area contributed by atoms with Crippen LogP contribution in [-0.4, -0.2) is 29.7 Å². The van der Waals surface area contributed by atoms with Gasteiger partial charge in [-0.05, 0) is 6.92 Å². The molecule has 0 unspecified atom stereocenters. The average Bonchev–Trinajstić information content (AvgIpc) is 2.82. The zero-order valence-electron chi connectivity index (χ0n) is 11.1. The maximum atomic E-state index is 5.52. The number of rotatable bonds is 3. The van der Waals surface area contributed by atoms with E-state index in [9.17, 15) is 0 Å². The molecule has 1 fully saturated rings. The number of nitrogens with zero attached hydrogens (tertiary/aromatic N) is 2. The minimum atomic E-state index is 0.862. The molecule has 1 aromatic carbocycles. The first-order valence-electron chi connectivity index (χ1n) is 6.63. The van der Waals surface area contributed by atoms with E-state index in [0.717, 1.165) is 43.2 Å². The summed E-state index contributed by atoms with van der Waals surface area (Å²) in [4.78, 5) is 2.32. The molecule has 0 amide bonds. The van der Waals surface area contributed by atoms with Crippen molar-refractivity contribution in [2.75, 3.05) is 19.6 Å². The summed E-state index contributed by atoms with van der Waals surface area (Å²) in [7, 11) is 0. The van der Waals surface area contributed by atoms with Crippen molar-refractivity contribution in [2.45, 2.75) is 13.5 Å². The van der Waals surface area contributed by atoms with Crippen molar-refractivity contribution >= 4 is 0 Å². The van der Waals surface area contributed by atoms with E-state index < -0.39 is 0 Å². The van der Waals surface area contributed by atoms with Gasteiger partial charge in [-0.25, -0.2) is 0 Å². The zero-order valence-corrected chi connectivity index (χ0v) is 11.1. The summed E-state index contributed by atoms with van der Waals surface area (Å²) in [6.45, 7) is 8.06. The molecule has 3 rings (SSSR count). The minimum Gasteiger partial charge on any atom is -0.356 e. The van der Waals surface area contributed by atoms with Gasteiger partial charge in [-0.3, -0.25) is 4.90 Å². The maximum absolute atomic E-state index is 5.52. The second kappa shape index (κ2) is 5.55. The third kappa shape index (κ3) is 2.69. The first-order valence-corrected chi connectivity index (χ1v) is 6.63. The fourth-order valence-electron chi connectivity index (χ4n) is 2.35. The molecule has 0 atom stereocenters. The van der Waals surface area contributed by atoms with Gasteiger partial charge < -0.3 is 9.84 Å². The van der Waals surface area contributed by atoms with Crippen molar-refractivity contribution in [1.29, 1.82) is 0 Å². The van der Waals surface area contributed by atoms with E-state index in [1.54, 1.807) is 0 Å². The summed E-state index contributed by atoms with van der Waals surface area (Å²) in [5.74, 6) is 0.894. The predicted molar refractivity (Wildman–Crippen MR) is 74.3 cm³/mol. The number of aromatic nitrogens is 1. The third-order valence-corrected chi connectivity index (χ3v) is 3.45. The Labute approximate surface area is 113 Å². The summed E-state index contributed by atoms with van der Waals surface area (Å²) < 4.78 is 5.52. The highest BCUT2D eigenvalue weighted by Crippen LogP contribution is 2.27. The summed E-state index contributed by atoms with van der Waals surface area (Å²) in [5.41, 5.74) is 3.25. The number of nitrogens with one attached hydrogen (secondary N) is 1. The van der Waals surface area contributed by atoms with Gasteiger partial charge in [0.25, 0.3) is 0 Å². The Morgan fingerprint density at radius 1 is 1.32 bits per heavy atom. The van der Waals surface area contributed by atoms with Gasteiger partial charge in [-0.1, -0.05) is 35.5 Å². The summed E-state index contributed by atoms with van der Waals surface area (Å²) in [5, 5.41) is 7.45. The zero-order chi connectivity index (χ0) is 13.1. The lowest BCUT2D eigenvalue weighted by molar-refractivity contribution is 0.285. The molecule has 0 bridgehead atoms. The van der Waals surface area contributed by atoms with Crippen LogP contribution in [0.4, 0.5) is 0 Å². The van der Waals surface area contributed by atoms with Crippen molar-refractivity contribution in [3.63, 3.8) is 0 Å². The fraction of sp³-hybridized carbons (Fsp3) is 0.333. The molecular weight excluding hydrogens is 238 g/mol. The average molecular weight is 256 g/mol. The molecule has 0 spiro atoms. The van der Waals surface area contributed by atoms with Gasteiger partial charge in [0.05, 0.1) is 5.69 Å². The topological polar surface area (TPSA) is 41.3 Å². The molecule has 1 radical (unpaired) electrons. The molecule has 0 aliphatic carbocycles. The Morgan fingerprint density at radius 2 is 2.16 bits per heavy atom. The van der Waals surface area contributed by atoms with Gasteiger partial charge in [0, 0.05) is 43.9 Å². The molecule has 4 nitrogen and oxygen atoms in total. The highest BCUT2D eigenvalue weighted by molar-refractivity contribution is 5.61. The largest absolute Gasteiger partial charge is 0.356 e. The molecule has 2 aromatic rings. The minimum absolute atomic E-state index is 0.862. The van der Waals surface area contributed by atoms with Crippen LogP contribution in [0, 0.1) is 13.5 Å². The SMILES string of the molecule is Cc1noc(-c2ccccc2)c1CN1[CH]CNCC1. The first-order chi connectivity index (χ1) is 9.34. The molecule has 0 saturated carbocycles. The van der Waals surface area contributed by atoms with E-state index in [1.165, 1.54) is 5.56 Å². The van der Waals surface area contributed by atoms with E-state index in [1.807, 2.05) is 25.1 Å². The van der Waals surface area contributed by atoms with Gasteiger partial charge in [0.15, 0.2) is 5.76 Å². The number of aryl methyl sites for hydroxylation is 1. The monoisotopic (exact) mass is 256 g/mol. The molecule has 1 aliphatic heterocycles. The van der Waals surface area contributed by atoms with Crippen LogP contribution in [0.1, 0.15) is 11.3 Å². The first kappa shape index (κ1) is 12.4. The van der Waals surface area contributed by atoms with Crippen molar-refractivity contribution < 1.29 is 4.52 Å². The maximum Gasteiger partial charge on any atom is 0.171 e. The lowest BCUT2D eigenvalue weighted by Gasteiger charge is -2.26. The summed E-state index contributed by atoms with van der Waals surface area (Å²) >= 11 is 0. The Hall–Kier alpha value is -1.65. The van der Waals surface area contributed by atoms with Gasteiger partial charge in [-0.2, -0.15) is 0 Å². The Balaban J connectivity index is 1.86. The standard InChI is InChI=1S/C15H18N3O/c1-12-14(11-18-9-7-16-8-10-18)15(19-17-12)13-5-3-2-4-6-13/h2-6,9,16H,7-8,10-11H2,1H3. The van der Waals surface area contributed by atoms with Gasteiger partial charge in [-0.15, -0.1) is 0 Å². The van der Waals surface area contributed by atoms with Gasteiger partial charge in [0.1, 0.15) is 0 Å². The van der Waals surface area contributed by atoms with E-state index in [4.69, 9.17) is 4.52 Å². The van der Waals surface area contributed by atoms with E-state index in [-0.39, 0.29) is 0 Å². The molecule has 1 aliphatic rings. The second-order valence-electron chi connectivity index (χ2n) is 4.80. The number of benzene rings is 1. The smallest absolute Gasteiger partial charge is 0.171 e. The molecule has 4 heteroatoms. The van der Waals surface area contributed by atoms with Crippen LogP contribution in [0.2, 0.25) is 0 Å². The third-order valence-electron chi connectivity index (χ3n) is 3.45. The van der Waals surface area contributed by atoms with Crippen LogP contribution in [0.5, 0.6) is 0 Å². The Bertz CT molecular complexity index is 530. The Morgan fingerprint density at radius 3 is 2.89 bits per heavy atom. The number of hydrogen-bond donors (Lipinski definition) is 1. The van der Waals surface area contributed by atoms with Gasteiger partial charge in [0.2, 0.25) is 0 Å². The number of hydrogen-bond acceptors (Lipinski definition) is 4. The second-order valence-corrected chi connectivity index (χ2v) is 4.80. The highest BCUT2D eigenvalue weighted by Gasteiger charge is 2.19. The van der Waals surface area contributed by atoms with Crippen molar-refractivity contribution in [3.05, 3.63) is 48.1 Å². The van der Waals surface area contributed by atoms with Crippen LogP contribution in [0.25, 0.3) is 11.3 Å². The molecule has 2 heterocycles. The van der Waals surface area contributed by atoms with E-state index in [2.05, 4.69) is 34.1 Å². The van der Waals surface area contributed by atoms with Crippen molar-refractivity contribution in [2.24, 2.45) is 0 Å². The summed E-state index contributed by atoms with van der Waals surface area (Å²) in [6, 6.07) is 10.2. The van der Waals surface area contributed by atoms with E-state index in [0.29, 0.717) is 0 Å².